The van der Waals surface area contributed by atoms with E-state index in [2.05, 4.69) is 32.6 Å². The van der Waals surface area contributed by atoms with Crippen LogP contribution in [0.1, 0.15) is 6.92 Å². The maximum absolute atomic E-state index is 12.3. The average Bonchev–Trinajstić information content (AvgIpc) is 3.10. The number of nitrogens with one attached hydrogen (secondary N) is 2. The van der Waals surface area contributed by atoms with Crippen molar-refractivity contribution in [2.75, 3.05) is 18.4 Å². The molecule has 1 saturated heterocycles. The predicted octanol–water partition coefficient (Wildman–Crippen LogP) is 0.456. The van der Waals surface area contributed by atoms with E-state index < -0.39 is 0 Å². The number of rotatable bonds is 3. The van der Waals surface area contributed by atoms with Crippen molar-refractivity contribution in [3.05, 3.63) is 31.0 Å². The van der Waals surface area contributed by atoms with Crippen LogP contribution in [0, 0.1) is 11.8 Å². The van der Waals surface area contributed by atoms with Crippen LogP contribution in [0.2, 0.25) is 0 Å². The quantitative estimate of drug-likeness (QED) is 0.847. The summed E-state index contributed by atoms with van der Waals surface area (Å²) in [6, 6.07) is 3.60. The zero-order valence-electron chi connectivity index (χ0n) is 11.2. The van der Waals surface area contributed by atoms with Gasteiger partial charge in [0.05, 0.1) is 11.6 Å². The number of pyridine rings is 1. The molecule has 0 saturated carbocycles. The first kappa shape index (κ1) is 12.7. The highest BCUT2D eigenvalue weighted by Gasteiger charge is 2.30. The van der Waals surface area contributed by atoms with Gasteiger partial charge in [-0.1, -0.05) is 6.92 Å². The molecule has 1 aliphatic heterocycles. The molecule has 1 fully saturated rings. The summed E-state index contributed by atoms with van der Waals surface area (Å²) < 4.78 is 1.53. The van der Waals surface area contributed by atoms with E-state index in [0.717, 1.165) is 6.54 Å². The molecule has 1 aliphatic rings. The van der Waals surface area contributed by atoms with Gasteiger partial charge in [-0.3, -0.25) is 4.79 Å². The molecule has 0 radical (unpaired) electrons. The zero-order valence-corrected chi connectivity index (χ0v) is 11.2. The van der Waals surface area contributed by atoms with Crippen molar-refractivity contribution in [2.24, 2.45) is 11.8 Å². The predicted molar refractivity (Wildman–Crippen MR) is 73.3 cm³/mol. The van der Waals surface area contributed by atoms with E-state index in [-0.39, 0.29) is 11.8 Å². The summed E-state index contributed by atoms with van der Waals surface area (Å²) in [5.74, 6) is 0.897. The SMILES string of the molecule is CC1CNCC1C(=O)Nc1cccnc1-n1cncn1. The molecule has 2 aromatic rings. The molecule has 2 unspecified atom stereocenters. The Labute approximate surface area is 116 Å². The molecule has 0 aromatic carbocycles. The number of carbonyl (C=O) groups excluding carboxylic acids is 1. The number of anilines is 1. The Bertz CT molecular complexity index is 597. The third-order valence-electron chi connectivity index (χ3n) is 3.53. The Morgan fingerprint density at radius 3 is 3.10 bits per heavy atom. The summed E-state index contributed by atoms with van der Waals surface area (Å²) in [6.45, 7) is 3.67. The van der Waals surface area contributed by atoms with Crippen molar-refractivity contribution >= 4 is 11.6 Å². The van der Waals surface area contributed by atoms with Gasteiger partial charge in [-0.15, -0.1) is 0 Å². The second kappa shape index (κ2) is 5.38. The molecule has 7 nitrogen and oxygen atoms in total. The molecule has 2 N–H and O–H groups in total. The Morgan fingerprint density at radius 2 is 2.40 bits per heavy atom. The molecule has 3 heterocycles. The lowest BCUT2D eigenvalue weighted by atomic mass is 9.97. The highest BCUT2D eigenvalue weighted by molar-refractivity contribution is 5.94. The topological polar surface area (TPSA) is 84.7 Å². The molecule has 0 aliphatic carbocycles. The van der Waals surface area contributed by atoms with E-state index in [1.807, 2.05) is 6.07 Å². The Balaban J connectivity index is 1.83. The van der Waals surface area contributed by atoms with Crippen LogP contribution in [-0.2, 0) is 4.79 Å². The van der Waals surface area contributed by atoms with Gasteiger partial charge in [-0.2, -0.15) is 5.10 Å². The van der Waals surface area contributed by atoms with Gasteiger partial charge in [0.2, 0.25) is 5.91 Å². The van der Waals surface area contributed by atoms with Crippen molar-refractivity contribution in [1.82, 2.24) is 25.1 Å². The molecule has 7 heteroatoms. The average molecular weight is 272 g/mol. The first-order chi connectivity index (χ1) is 9.75. The summed E-state index contributed by atoms with van der Waals surface area (Å²) in [5, 5.41) is 10.2. The lowest BCUT2D eigenvalue weighted by Crippen LogP contribution is -2.28. The second-order valence-electron chi connectivity index (χ2n) is 4.95. The molecule has 2 atom stereocenters. The first-order valence-electron chi connectivity index (χ1n) is 6.57. The number of hydrogen-bond donors (Lipinski definition) is 2. The van der Waals surface area contributed by atoms with Crippen LogP contribution in [-0.4, -0.2) is 38.7 Å². The van der Waals surface area contributed by atoms with Crippen LogP contribution in [0.5, 0.6) is 0 Å². The van der Waals surface area contributed by atoms with Gasteiger partial charge in [0.15, 0.2) is 5.82 Å². The third-order valence-corrected chi connectivity index (χ3v) is 3.53. The molecule has 3 rings (SSSR count). The van der Waals surface area contributed by atoms with E-state index in [4.69, 9.17) is 0 Å². The van der Waals surface area contributed by atoms with Crippen molar-refractivity contribution in [2.45, 2.75) is 6.92 Å². The van der Waals surface area contributed by atoms with Gasteiger partial charge in [-0.25, -0.2) is 14.6 Å². The maximum Gasteiger partial charge on any atom is 0.229 e. The monoisotopic (exact) mass is 272 g/mol. The number of hydrogen-bond acceptors (Lipinski definition) is 5. The van der Waals surface area contributed by atoms with Gasteiger partial charge >= 0.3 is 0 Å². The molecule has 0 bridgehead atoms. The zero-order chi connectivity index (χ0) is 13.9. The summed E-state index contributed by atoms with van der Waals surface area (Å²) in [7, 11) is 0. The van der Waals surface area contributed by atoms with Gasteiger partial charge in [-0.05, 0) is 24.6 Å². The lowest BCUT2D eigenvalue weighted by Gasteiger charge is -2.15. The molecular weight excluding hydrogens is 256 g/mol. The minimum atomic E-state index is -0.0150. The van der Waals surface area contributed by atoms with E-state index >= 15 is 0 Å². The van der Waals surface area contributed by atoms with Crippen LogP contribution in [0.3, 0.4) is 0 Å². The fourth-order valence-corrected chi connectivity index (χ4v) is 2.38. The van der Waals surface area contributed by atoms with E-state index in [1.54, 1.807) is 18.6 Å². The number of amides is 1. The smallest absolute Gasteiger partial charge is 0.229 e. The van der Waals surface area contributed by atoms with Gasteiger partial charge in [0.1, 0.15) is 12.7 Å². The minimum absolute atomic E-state index is 0.0110. The highest BCUT2D eigenvalue weighted by atomic mass is 16.2. The molecular formula is C13H16N6O. The summed E-state index contributed by atoms with van der Waals surface area (Å²) >= 11 is 0. The van der Waals surface area contributed by atoms with Crippen molar-refractivity contribution in [3.8, 4) is 5.82 Å². The molecule has 1 amide bonds. The molecule has 20 heavy (non-hydrogen) atoms. The van der Waals surface area contributed by atoms with E-state index in [1.165, 1.54) is 11.0 Å². The molecule has 2 aromatic heterocycles. The lowest BCUT2D eigenvalue weighted by molar-refractivity contribution is -0.120. The van der Waals surface area contributed by atoms with Gasteiger partial charge in [0.25, 0.3) is 0 Å². The van der Waals surface area contributed by atoms with E-state index in [9.17, 15) is 4.79 Å². The molecule has 0 spiro atoms. The Kier molecular flexibility index (Phi) is 3.42. The summed E-state index contributed by atoms with van der Waals surface area (Å²) in [4.78, 5) is 20.5. The van der Waals surface area contributed by atoms with Crippen molar-refractivity contribution in [1.29, 1.82) is 0 Å². The highest BCUT2D eigenvalue weighted by Crippen LogP contribution is 2.21. The number of aromatic nitrogens is 4. The van der Waals surface area contributed by atoms with Crippen LogP contribution in [0.4, 0.5) is 5.69 Å². The van der Waals surface area contributed by atoms with Gasteiger partial charge in [0, 0.05) is 12.7 Å². The molecule has 104 valence electrons. The maximum atomic E-state index is 12.3. The summed E-state index contributed by atoms with van der Waals surface area (Å²) in [5.41, 5.74) is 0.641. The first-order valence-corrected chi connectivity index (χ1v) is 6.57. The largest absolute Gasteiger partial charge is 0.323 e. The Hall–Kier alpha value is -2.28. The summed E-state index contributed by atoms with van der Waals surface area (Å²) in [6.07, 6.45) is 4.65. The van der Waals surface area contributed by atoms with Crippen LogP contribution in [0.25, 0.3) is 5.82 Å². The van der Waals surface area contributed by atoms with Crippen LogP contribution < -0.4 is 10.6 Å². The van der Waals surface area contributed by atoms with Crippen molar-refractivity contribution < 1.29 is 4.79 Å². The van der Waals surface area contributed by atoms with Crippen LogP contribution in [0.15, 0.2) is 31.0 Å². The van der Waals surface area contributed by atoms with E-state index in [0.29, 0.717) is 24.0 Å². The fourth-order valence-electron chi connectivity index (χ4n) is 2.38. The Morgan fingerprint density at radius 1 is 1.50 bits per heavy atom. The third kappa shape index (κ3) is 2.39. The minimum Gasteiger partial charge on any atom is -0.323 e. The number of carbonyl (C=O) groups is 1. The van der Waals surface area contributed by atoms with Crippen LogP contribution >= 0.6 is 0 Å². The number of nitrogens with zero attached hydrogens (tertiary/aromatic N) is 4. The fraction of sp³-hybridized carbons (Fsp3) is 0.385. The normalized spacial score (nSPS) is 21.9. The van der Waals surface area contributed by atoms with Crippen molar-refractivity contribution in [3.63, 3.8) is 0 Å². The van der Waals surface area contributed by atoms with Gasteiger partial charge < -0.3 is 10.6 Å². The second-order valence-corrected chi connectivity index (χ2v) is 4.95. The standard InChI is InChI=1S/C13H16N6O/c1-9-5-14-6-10(9)13(20)18-11-3-2-4-16-12(11)19-8-15-7-17-19/h2-4,7-10,14H,5-6H2,1H3,(H,18,20).